The summed E-state index contributed by atoms with van der Waals surface area (Å²) in [6.07, 6.45) is 4.75. The summed E-state index contributed by atoms with van der Waals surface area (Å²) < 4.78 is 0. The molecular weight excluding hydrogens is 234 g/mol. The lowest BCUT2D eigenvalue weighted by Gasteiger charge is -2.23. The molecule has 2 aromatic rings. The molecule has 3 nitrogen and oxygen atoms in total. The van der Waals surface area contributed by atoms with Crippen molar-refractivity contribution in [2.24, 2.45) is 0 Å². The second-order valence-electron chi connectivity index (χ2n) is 4.80. The Bertz CT molecular complexity index is 508. The Labute approximate surface area is 115 Å². The molecule has 1 aromatic heterocycles. The smallest absolute Gasteiger partial charge is 0.0769 e. The Morgan fingerprint density at radius 3 is 2.53 bits per heavy atom. The summed E-state index contributed by atoms with van der Waals surface area (Å²) >= 11 is 0. The predicted octanol–water partition coefficient (Wildman–Crippen LogP) is 3.71. The van der Waals surface area contributed by atoms with Crippen LogP contribution in [0.15, 0.2) is 48.8 Å². The molecule has 0 spiro atoms. The number of rotatable bonds is 5. The first-order chi connectivity index (χ1) is 9.22. The van der Waals surface area contributed by atoms with Gasteiger partial charge in [0.25, 0.3) is 0 Å². The van der Waals surface area contributed by atoms with E-state index in [1.165, 1.54) is 5.56 Å². The van der Waals surface area contributed by atoms with E-state index in [0.29, 0.717) is 6.04 Å². The monoisotopic (exact) mass is 255 g/mol. The topological polar surface area (TPSA) is 28.2 Å². The molecule has 0 radical (unpaired) electrons. The van der Waals surface area contributed by atoms with Crippen molar-refractivity contribution in [3.8, 4) is 0 Å². The number of anilines is 2. The van der Waals surface area contributed by atoms with E-state index in [2.05, 4.69) is 46.4 Å². The molecule has 0 bridgehead atoms. The Morgan fingerprint density at radius 2 is 1.89 bits per heavy atom. The van der Waals surface area contributed by atoms with Crippen molar-refractivity contribution in [1.29, 1.82) is 0 Å². The van der Waals surface area contributed by atoms with Crippen LogP contribution in [0.4, 0.5) is 11.4 Å². The Balaban J connectivity index is 2.24. The van der Waals surface area contributed by atoms with Crippen LogP contribution in [0.3, 0.4) is 0 Å². The van der Waals surface area contributed by atoms with Crippen LogP contribution in [0, 0.1) is 0 Å². The zero-order valence-electron chi connectivity index (χ0n) is 11.8. The van der Waals surface area contributed by atoms with Crippen molar-refractivity contribution >= 4 is 11.4 Å². The third kappa shape index (κ3) is 3.25. The van der Waals surface area contributed by atoms with Crippen LogP contribution >= 0.6 is 0 Å². The minimum atomic E-state index is 0.309. The molecule has 0 saturated heterocycles. The van der Waals surface area contributed by atoms with Crippen LogP contribution in [-0.4, -0.2) is 19.1 Å². The van der Waals surface area contributed by atoms with Gasteiger partial charge in [0.1, 0.15) is 0 Å². The second-order valence-corrected chi connectivity index (χ2v) is 4.80. The summed E-state index contributed by atoms with van der Waals surface area (Å²) in [5.41, 5.74) is 3.53. The first-order valence-corrected chi connectivity index (χ1v) is 6.65. The van der Waals surface area contributed by atoms with Gasteiger partial charge < -0.3 is 10.2 Å². The van der Waals surface area contributed by atoms with Crippen LogP contribution in [-0.2, 0) is 0 Å². The molecule has 2 rings (SSSR count). The lowest BCUT2D eigenvalue weighted by atomic mass is 10.0. The quantitative estimate of drug-likeness (QED) is 0.882. The normalized spacial score (nSPS) is 11.9. The van der Waals surface area contributed by atoms with Crippen LogP contribution < -0.4 is 10.2 Å². The molecule has 0 saturated carbocycles. The molecule has 100 valence electrons. The van der Waals surface area contributed by atoms with Gasteiger partial charge in [-0.25, -0.2) is 0 Å². The maximum absolute atomic E-state index is 4.22. The fourth-order valence-electron chi connectivity index (χ4n) is 2.18. The molecule has 0 aliphatic carbocycles. The summed E-state index contributed by atoms with van der Waals surface area (Å²) in [6, 6.07) is 12.9. The zero-order chi connectivity index (χ0) is 13.7. The molecule has 1 atom stereocenters. The molecule has 1 aromatic carbocycles. The number of nitrogens with zero attached hydrogens (tertiary/aromatic N) is 2. The Kier molecular flexibility index (Phi) is 4.39. The Hall–Kier alpha value is -2.03. The highest BCUT2D eigenvalue weighted by molar-refractivity contribution is 5.68. The van der Waals surface area contributed by atoms with Crippen LogP contribution in [0.5, 0.6) is 0 Å². The summed E-state index contributed by atoms with van der Waals surface area (Å²) in [5, 5.41) is 3.59. The number of aromatic nitrogens is 1. The lowest BCUT2D eigenvalue weighted by Crippen LogP contribution is -2.15. The SMILES string of the molecule is CCC(Nc1cnccc1N(C)C)c1ccccc1. The van der Waals surface area contributed by atoms with E-state index in [9.17, 15) is 0 Å². The van der Waals surface area contributed by atoms with Crippen molar-refractivity contribution in [1.82, 2.24) is 4.98 Å². The Morgan fingerprint density at radius 1 is 1.16 bits per heavy atom. The summed E-state index contributed by atoms with van der Waals surface area (Å²) in [4.78, 5) is 6.32. The third-order valence-electron chi connectivity index (χ3n) is 3.22. The molecule has 1 unspecified atom stereocenters. The van der Waals surface area contributed by atoms with Gasteiger partial charge in [-0.05, 0) is 18.1 Å². The lowest BCUT2D eigenvalue weighted by molar-refractivity contribution is 0.748. The fraction of sp³-hybridized carbons (Fsp3) is 0.312. The van der Waals surface area contributed by atoms with Crippen molar-refractivity contribution in [3.05, 3.63) is 54.4 Å². The van der Waals surface area contributed by atoms with Crippen molar-refractivity contribution in [2.45, 2.75) is 19.4 Å². The van der Waals surface area contributed by atoms with Gasteiger partial charge in [-0.15, -0.1) is 0 Å². The molecule has 1 heterocycles. The maximum atomic E-state index is 4.22. The standard InChI is InChI=1S/C16H21N3/c1-4-14(13-8-6-5-7-9-13)18-15-12-17-11-10-16(15)19(2)3/h5-12,14,18H,4H2,1-3H3. The molecule has 3 heteroatoms. The number of benzene rings is 1. The first-order valence-electron chi connectivity index (χ1n) is 6.65. The largest absolute Gasteiger partial charge is 0.376 e. The number of nitrogens with one attached hydrogen (secondary N) is 1. The molecule has 0 aliphatic rings. The van der Waals surface area contributed by atoms with Crippen molar-refractivity contribution in [3.63, 3.8) is 0 Å². The van der Waals surface area contributed by atoms with E-state index in [4.69, 9.17) is 0 Å². The van der Waals surface area contributed by atoms with Gasteiger partial charge in [0, 0.05) is 20.3 Å². The van der Waals surface area contributed by atoms with E-state index in [-0.39, 0.29) is 0 Å². The molecular formula is C16H21N3. The highest BCUT2D eigenvalue weighted by atomic mass is 15.1. The average molecular weight is 255 g/mol. The number of hydrogen-bond acceptors (Lipinski definition) is 3. The van der Waals surface area contributed by atoms with E-state index in [0.717, 1.165) is 17.8 Å². The minimum Gasteiger partial charge on any atom is -0.376 e. The van der Waals surface area contributed by atoms with Gasteiger partial charge >= 0.3 is 0 Å². The van der Waals surface area contributed by atoms with Gasteiger partial charge in [0.15, 0.2) is 0 Å². The minimum absolute atomic E-state index is 0.309. The van der Waals surface area contributed by atoms with Crippen molar-refractivity contribution in [2.75, 3.05) is 24.3 Å². The summed E-state index contributed by atoms with van der Waals surface area (Å²) in [7, 11) is 4.09. The van der Waals surface area contributed by atoms with Gasteiger partial charge in [0.05, 0.1) is 23.6 Å². The second kappa shape index (κ2) is 6.23. The molecule has 0 aliphatic heterocycles. The third-order valence-corrected chi connectivity index (χ3v) is 3.22. The van der Waals surface area contributed by atoms with Crippen LogP contribution in [0.2, 0.25) is 0 Å². The highest BCUT2D eigenvalue weighted by Crippen LogP contribution is 2.28. The zero-order valence-corrected chi connectivity index (χ0v) is 11.8. The first kappa shape index (κ1) is 13.4. The highest BCUT2D eigenvalue weighted by Gasteiger charge is 2.11. The van der Waals surface area contributed by atoms with E-state index >= 15 is 0 Å². The van der Waals surface area contributed by atoms with E-state index < -0.39 is 0 Å². The molecule has 19 heavy (non-hydrogen) atoms. The van der Waals surface area contributed by atoms with Gasteiger partial charge in [-0.1, -0.05) is 37.3 Å². The van der Waals surface area contributed by atoms with Gasteiger partial charge in [0.2, 0.25) is 0 Å². The van der Waals surface area contributed by atoms with E-state index in [1.54, 1.807) is 0 Å². The summed E-state index contributed by atoms with van der Waals surface area (Å²) in [6.45, 7) is 2.19. The van der Waals surface area contributed by atoms with Gasteiger partial charge in [-0.2, -0.15) is 0 Å². The van der Waals surface area contributed by atoms with E-state index in [1.807, 2.05) is 38.6 Å². The molecule has 1 N–H and O–H groups in total. The van der Waals surface area contributed by atoms with Crippen LogP contribution in [0.25, 0.3) is 0 Å². The predicted molar refractivity (Wildman–Crippen MR) is 81.7 cm³/mol. The number of hydrogen-bond donors (Lipinski definition) is 1. The fourth-order valence-corrected chi connectivity index (χ4v) is 2.18. The van der Waals surface area contributed by atoms with Crippen LogP contribution in [0.1, 0.15) is 24.9 Å². The average Bonchev–Trinajstić information content (AvgIpc) is 2.46. The summed E-state index contributed by atoms with van der Waals surface area (Å²) in [5.74, 6) is 0. The molecule has 0 fully saturated rings. The van der Waals surface area contributed by atoms with Crippen molar-refractivity contribution < 1.29 is 0 Å². The maximum Gasteiger partial charge on any atom is 0.0769 e. The number of pyridine rings is 1. The van der Waals surface area contributed by atoms with Gasteiger partial charge in [-0.3, -0.25) is 4.98 Å². The molecule has 0 amide bonds.